The summed E-state index contributed by atoms with van der Waals surface area (Å²) in [6, 6.07) is 7.73. The normalized spacial score (nSPS) is 25.4. The fraction of sp³-hybridized carbons (Fsp3) is 0.444. The molecule has 2 aromatic heterocycles. The second-order valence-electron chi connectivity index (χ2n) is 6.38. The summed E-state index contributed by atoms with van der Waals surface area (Å²) in [5, 5.41) is 2.93. The molecule has 25 heavy (non-hydrogen) atoms. The lowest BCUT2D eigenvalue weighted by Crippen LogP contribution is -2.48. The minimum atomic E-state index is -0.387. The molecule has 4 heterocycles. The highest BCUT2D eigenvalue weighted by Gasteiger charge is 2.42. The topological polar surface area (TPSA) is 80.2 Å². The van der Waals surface area contributed by atoms with Crippen molar-refractivity contribution in [3.63, 3.8) is 0 Å². The van der Waals surface area contributed by atoms with E-state index in [9.17, 15) is 4.79 Å². The maximum Gasteiger partial charge on any atom is 0.249 e. The van der Waals surface area contributed by atoms with Gasteiger partial charge in [0.05, 0.1) is 24.4 Å². The summed E-state index contributed by atoms with van der Waals surface area (Å²) in [6.45, 7) is 1.29. The zero-order chi connectivity index (χ0) is 17.1. The van der Waals surface area contributed by atoms with Gasteiger partial charge < -0.3 is 15.0 Å². The van der Waals surface area contributed by atoms with E-state index in [1.165, 1.54) is 0 Å². The van der Waals surface area contributed by atoms with Crippen molar-refractivity contribution < 1.29 is 9.53 Å². The van der Waals surface area contributed by atoms with Crippen LogP contribution in [0.2, 0.25) is 0 Å². The lowest BCUT2D eigenvalue weighted by atomic mass is 9.98. The number of aromatic nitrogens is 3. The second kappa shape index (κ2) is 7.14. The van der Waals surface area contributed by atoms with Gasteiger partial charge in [0.15, 0.2) is 0 Å². The van der Waals surface area contributed by atoms with Gasteiger partial charge in [-0.05, 0) is 37.5 Å². The van der Waals surface area contributed by atoms with Gasteiger partial charge in [-0.1, -0.05) is 6.07 Å². The van der Waals surface area contributed by atoms with Gasteiger partial charge in [-0.3, -0.25) is 9.78 Å². The summed E-state index contributed by atoms with van der Waals surface area (Å²) in [5.41, 5.74) is 0.845. The number of nitrogens with one attached hydrogen (secondary N) is 1. The zero-order valence-electron chi connectivity index (χ0n) is 13.9. The Morgan fingerprint density at radius 1 is 1.12 bits per heavy atom. The van der Waals surface area contributed by atoms with Crippen LogP contribution in [0.5, 0.6) is 0 Å². The summed E-state index contributed by atoms with van der Waals surface area (Å²) in [7, 11) is 0. The Bertz CT molecular complexity index is 712. The average Bonchev–Trinajstić information content (AvgIpc) is 3.11. The first-order valence-electron chi connectivity index (χ1n) is 8.68. The number of hydrogen-bond acceptors (Lipinski definition) is 6. The van der Waals surface area contributed by atoms with Crippen LogP contribution >= 0.6 is 0 Å². The third-order valence-electron chi connectivity index (χ3n) is 4.82. The molecule has 0 aliphatic carbocycles. The standard InChI is InChI=1S/C18H21N5O2/c24-17(22-12-13-4-1-2-8-19-13)16-6-5-14-15(25-16)7-11-23(14)18-20-9-3-10-21-18/h1-4,8-10,14-16H,5-7,11-12H2,(H,22,24)/t14-,15-,16-/m1/s1. The van der Waals surface area contributed by atoms with Crippen LogP contribution in [-0.4, -0.2) is 45.7 Å². The van der Waals surface area contributed by atoms with Crippen molar-refractivity contribution in [2.45, 2.75) is 44.1 Å². The number of carbonyl (C=O) groups excluding carboxylic acids is 1. The van der Waals surface area contributed by atoms with E-state index in [-0.39, 0.29) is 24.2 Å². The van der Waals surface area contributed by atoms with Gasteiger partial charge in [-0.15, -0.1) is 0 Å². The van der Waals surface area contributed by atoms with Crippen LogP contribution in [0.3, 0.4) is 0 Å². The van der Waals surface area contributed by atoms with E-state index in [2.05, 4.69) is 25.2 Å². The fourth-order valence-electron chi connectivity index (χ4n) is 3.60. The van der Waals surface area contributed by atoms with Crippen LogP contribution < -0.4 is 10.2 Å². The quantitative estimate of drug-likeness (QED) is 0.905. The number of rotatable bonds is 4. The average molecular weight is 339 g/mol. The summed E-state index contributed by atoms with van der Waals surface area (Å²) < 4.78 is 6.08. The SMILES string of the molecule is O=C(NCc1ccccn1)[C@H]1CC[C@@H]2[C@@H](CCN2c2ncccn2)O1. The third-order valence-corrected chi connectivity index (χ3v) is 4.82. The molecule has 0 aromatic carbocycles. The lowest BCUT2D eigenvalue weighted by molar-refractivity contribution is -0.141. The van der Waals surface area contributed by atoms with Gasteiger partial charge in [-0.2, -0.15) is 0 Å². The van der Waals surface area contributed by atoms with Crippen molar-refractivity contribution in [3.8, 4) is 0 Å². The van der Waals surface area contributed by atoms with E-state index in [0.717, 1.165) is 31.0 Å². The van der Waals surface area contributed by atoms with Crippen molar-refractivity contribution >= 4 is 11.9 Å². The summed E-state index contributed by atoms with van der Waals surface area (Å²) in [6.07, 6.45) is 7.42. The predicted molar refractivity (Wildman–Crippen MR) is 91.8 cm³/mol. The van der Waals surface area contributed by atoms with Gasteiger partial charge >= 0.3 is 0 Å². The number of anilines is 1. The summed E-state index contributed by atoms with van der Waals surface area (Å²) in [4.78, 5) is 27.5. The molecule has 0 unspecified atom stereocenters. The minimum Gasteiger partial charge on any atom is -0.363 e. The Morgan fingerprint density at radius 3 is 2.76 bits per heavy atom. The largest absolute Gasteiger partial charge is 0.363 e. The number of ether oxygens (including phenoxy) is 1. The van der Waals surface area contributed by atoms with E-state index in [1.807, 2.05) is 24.3 Å². The molecule has 7 nitrogen and oxygen atoms in total. The molecule has 1 amide bonds. The molecule has 0 bridgehead atoms. The van der Waals surface area contributed by atoms with Gasteiger partial charge in [-0.25, -0.2) is 9.97 Å². The predicted octanol–water partition coefficient (Wildman–Crippen LogP) is 1.31. The maximum atomic E-state index is 12.4. The summed E-state index contributed by atoms with van der Waals surface area (Å²) in [5.74, 6) is 0.690. The van der Waals surface area contributed by atoms with Crippen LogP contribution in [0, 0.1) is 0 Å². The van der Waals surface area contributed by atoms with Crippen molar-refractivity contribution in [2.24, 2.45) is 0 Å². The molecule has 1 N–H and O–H groups in total. The molecule has 2 saturated heterocycles. The lowest BCUT2D eigenvalue weighted by Gasteiger charge is -2.35. The molecule has 3 atom stereocenters. The molecule has 2 aliphatic heterocycles. The Kier molecular flexibility index (Phi) is 4.56. The van der Waals surface area contributed by atoms with Gasteiger partial charge in [0, 0.05) is 25.1 Å². The molecule has 0 saturated carbocycles. The van der Waals surface area contributed by atoms with E-state index < -0.39 is 0 Å². The summed E-state index contributed by atoms with van der Waals surface area (Å²) >= 11 is 0. The first-order chi connectivity index (χ1) is 12.3. The van der Waals surface area contributed by atoms with Crippen molar-refractivity contribution in [1.82, 2.24) is 20.3 Å². The molecular formula is C18H21N5O2. The Labute approximate surface area is 146 Å². The number of carbonyl (C=O) groups is 1. The molecule has 2 aliphatic rings. The highest BCUT2D eigenvalue weighted by atomic mass is 16.5. The zero-order valence-corrected chi connectivity index (χ0v) is 13.9. The minimum absolute atomic E-state index is 0.0569. The number of hydrogen-bond donors (Lipinski definition) is 1. The van der Waals surface area contributed by atoms with Crippen molar-refractivity contribution in [3.05, 3.63) is 48.5 Å². The number of amides is 1. The van der Waals surface area contributed by atoms with Gasteiger partial charge in [0.2, 0.25) is 11.9 Å². The van der Waals surface area contributed by atoms with Gasteiger partial charge in [0.25, 0.3) is 0 Å². The van der Waals surface area contributed by atoms with E-state index in [0.29, 0.717) is 13.0 Å². The second-order valence-corrected chi connectivity index (χ2v) is 6.38. The number of nitrogens with zero attached hydrogens (tertiary/aromatic N) is 4. The monoisotopic (exact) mass is 339 g/mol. The maximum absolute atomic E-state index is 12.4. The van der Waals surface area contributed by atoms with Gasteiger partial charge in [0.1, 0.15) is 6.10 Å². The number of fused-ring (bicyclic) bond motifs is 1. The smallest absolute Gasteiger partial charge is 0.249 e. The van der Waals surface area contributed by atoms with E-state index >= 15 is 0 Å². The van der Waals surface area contributed by atoms with Crippen LogP contribution in [0.25, 0.3) is 0 Å². The van der Waals surface area contributed by atoms with Crippen molar-refractivity contribution in [1.29, 1.82) is 0 Å². The number of pyridine rings is 1. The molecule has 7 heteroatoms. The highest BCUT2D eigenvalue weighted by Crippen LogP contribution is 2.33. The Balaban J connectivity index is 1.33. The molecule has 2 fully saturated rings. The molecule has 4 rings (SSSR count). The van der Waals surface area contributed by atoms with Crippen LogP contribution in [0.15, 0.2) is 42.9 Å². The first kappa shape index (κ1) is 16.0. The van der Waals surface area contributed by atoms with E-state index in [4.69, 9.17) is 4.74 Å². The molecule has 130 valence electrons. The molecule has 0 radical (unpaired) electrons. The van der Waals surface area contributed by atoms with Crippen LogP contribution in [0.1, 0.15) is 25.0 Å². The Morgan fingerprint density at radius 2 is 1.96 bits per heavy atom. The first-order valence-corrected chi connectivity index (χ1v) is 8.68. The molecular weight excluding hydrogens is 318 g/mol. The van der Waals surface area contributed by atoms with Crippen molar-refractivity contribution in [2.75, 3.05) is 11.4 Å². The van der Waals surface area contributed by atoms with Crippen LogP contribution in [0.4, 0.5) is 5.95 Å². The van der Waals surface area contributed by atoms with Crippen LogP contribution in [-0.2, 0) is 16.1 Å². The fourth-order valence-corrected chi connectivity index (χ4v) is 3.60. The Hall–Kier alpha value is -2.54. The molecule has 0 spiro atoms. The highest BCUT2D eigenvalue weighted by molar-refractivity contribution is 5.80. The third kappa shape index (κ3) is 3.46. The van der Waals surface area contributed by atoms with E-state index in [1.54, 1.807) is 18.6 Å². The molecule has 2 aromatic rings.